The maximum atomic E-state index is 12.4. The van der Waals surface area contributed by atoms with Gasteiger partial charge in [0.1, 0.15) is 0 Å². The normalized spacial score (nSPS) is 13.6. The molecule has 2 aromatic carbocycles. The molecule has 0 aliphatic carbocycles. The molecule has 10 heteroatoms. The molecule has 0 heterocycles. The van der Waals surface area contributed by atoms with Crippen LogP contribution in [0.1, 0.15) is 35.8 Å². The van der Waals surface area contributed by atoms with Crippen LogP contribution in [-0.4, -0.2) is 44.8 Å². The molecule has 0 bridgehead atoms. The van der Waals surface area contributed by atoms with Gasteiger partial charge in [-0.15, -0.1) is 0 Å². The van der Waals surface area contributed by atoms with Gasteiger partial charge in [-0.2, -0.15) is 0 Å². The molecular weight excluding hydrogens is 451 g/mol. The summed E-state index contributed by atoms with van der Waals surface area (Å²) in [6, 6.07) is 9.90. The summed E-state index contributed by atoms with van der Waals surface area (Å²) in [5.41, 5.74) is 0.681. The summed E-state index contributed by atoms with van der Waals surface area (Å²) < 4.78 is 30.7. The fourth-order valence-electron chi connectivity index (χ4n) is 2.54. The van der Waals surface area contributed by atoms with Gasteiger partial charge in [-0.05, 0) is 49.7 Å². The summed E-state index contributed by atoms with van der Waals surface area (Å²) in [7, 11) is -0.928. The second-order valence-electron chi connectivity index (χ2n) is 6.76. The highest BCUT2D eigenvalue weighted by Crippen LogP contribution is 2.26. The smallest absolute Gasteiger partial charge is 0.338 e. The second kappa shape index (κ2) is 9.78. The number of benzene rings is 2. The van der Waals surface area contributed by atoms with E-state index >= 15 is 0 Å². The maximum absolute atomic E-state index is 12.4. The van der Waals surface area contributed by atoms with E-state index in [0.717, 1.165) is 4.31 Å². The molecule has 0 saturated heterocycles. The first-order valence-corrected chi connectivity index (χ1v) is 11.1. The first kappa shape index (κ1) is 24.1. The lowest BCUT2D eigenvalue weighted by molar-refractivity contribution is -0.129. The third-order valence-electron chi connectivity index (χ3n) is 4.29. The van der Waals surface area contributed by atoms with E-state index < -0.39 is 34.0 Å². The molecule has 0 aromatic heterocycles. The molecule has 0 aliphatic heterocycles. The number of carbonyl (C=O) groups is 2. The predicted molar refractivity (Wildman–Crippen MR) is 115 cm³/mol. The molecule has 2 rings (SSSR count). The van der Waals surface area contributed by atoms with Gasteiger partial charge in [-0.1, -0.05) is 35.3 Å². The van der Waals surface area contributed by atoms with Crippen LogP contribution in [0.3, 0.4) is 0 Å². The highest BCUT2D eigenvalue weighted by Gasteiger charge is 2.23. The molecule has 0 saturated carbocycles. The van der Waals surface area contributed by atoms with Crippen molar-refractivity contribution in [1.29, 1.82) is 0 Å². The lowest BCUT2D eigenvalue weighted by atomic mass is 10.1. The van der Waals surface area contributed by atoms with Gasteiger partial charge in [0, 0.05) is 24.1 Å². The van der Waals surface area contributed by atoms with Crippen LogP contribution >= 0.6 is 23.2 Å². The monoisotopic (exact) mass is 472 g/mol. The van der Waals surface area contributed by atoms with E-state index in [-0.39, 0.29) is 10.5 Å². The zero-order chi connectivity index (χ0) is 22.6. The van der Waals surface area contributed by atoms with E-state index in [2.05, 4.69) is 5.32 Å². The predicted octanol–water partition coefficient (Wildman–Crippen LogP) is 3.67. The summed E-state index contributed by atoms with van der Waals surface area (Å²) in [5, 5.41) is 3.59. The Bertz CT molecular complexity index is 1060. The van der Waals surface area contributed by atoms with Crippen molar-refractivity contribution < 1.29 is 22.7 Å². The van der Waals surface area contributed by atoms with Crippen LogP contribution in [0.2, 0.25) is 10.0 Å². The molecule has 0 fully saturated rings. The number of nitrogens with zero attached hydrogens (tertiary/aromatic N) is 1. The Morgan fingerprint density at radius 1 is 1.07 bits per heavy atom. The van der Waals surface area contributed by atoms with Crippen molar-refractivity contribution in [1.82, 2.24) is 9.62 Å². The molecule has 0 aliphatic rings. The van der Waals surface area contributed by atoms with Crippen LogP contribution in [-0.2, 0) is 19.6 Å². The van der Waals surface area contributed by atoms with Crippen molar-refractivity contribution in [2.75, 3.05) is 14.1 Å². The number of ether oxygens (including phenoxy) is 1. The Balaban J connectivity index is 2.07. The average molecular weight is 473 g/mol. The molecule has 0 radical (unpaired) electrons. The third kappa shape index (κ3) is 5.72. The number of esters is 1. The van der Waals surface area contributed by atoms with E-state index in [1.165, 1.54) is 45.3 Å². The van der Waals surface area contributed by atoms with Crippen molar-refractivity contribution in [3.63, 3.8) is 0 Å². The maximum Gasteiger partial charge on any atom is 0.338 e. The standard InChI is InChI=1S/C20H22Cl2N2O5S/c1-12(17-9-8-15(21)11-18(17)22)23-19(25)13(2)29-20(26)14-6-5-7-16(10-14)30(27,28)24(3)4/h5-13H,1-4H3,(H,23,25). The Kier molecular flexibility index (Phi) is 7.87. The summed E-state index contributed by atoms with van der Waals surface area (Å²) in [6.45, 7) is 3.15. The van der Waals surface area contributed by atoms with Gasteiger partial charge < -0.3 is 10.1 Å². The van der Waals surface area contributed by atoms with E-state index in [1.54, 1.807) is 25.1 Å². The molecule has 7 nitrogen and oxygen atoms in total. The van der Waals surface area contributed by atoms with Crippen LogP contribution in [0.25, 0.3) is 0 Å². The lowest BCUT2D eigenvalue weighted by Crippen LogP contribution is -2.37. The van der Waals surface area contributed by atoms with Crippen LogP contribution in [0.15, 0.2) is 47.4 Å². The highest BCUT2D eigenvalue weighted by atomic mass is 35.5. The Hall–Kier alpha value is -2.13. The molecule has 0 spiro atoms. The zero-order valence-corrected chi connectivity index (χ0v) is 19.2. The first-order valence-electron chi connectivity index (χ1n) is 8.92. The van der Waals surface area contributed by atoms with Gasteiger partial charge in [0.25, 0.3) is 5.91 Å². The summed E-state index contributed by atoms with van der Waals surface area (Å²) in [4.78, 5) is 24.8. The van der Waals surface area contributed by atoms with E-state index in [9.17, 15) is 18.0 Å². The topological polar surface area (TPSA) is 92.8 Å². The average Bonchev–Trinajstić information content (AvgIpc) is 2.67. The number of sulfonamides is 1. The van der Waals surface area contributed by atoms with Crippen LogP contribution in [0.5, 0.6) is 0 Å². The fraction of sp³-hybridized carbons (Fsp3) is 0.300. The Labute approximate surface area is 186 Å². The molecular formula is C20H22Cl2N2O5S. The lowest BCUT2D eigenvalue weighted by Gasteiger charge is -2.19. The molecule has 1 N–H and O–H groups in total. The number of carbonyl (C=O) groups excluding carboxylic acids is 2. The fourth-order valence-corrected chi connectivity index (χ4v) is 4.06. The van der Waals surface area contributed by atoms with Crippen molar-refractivity contribution >= 4 is 45.1 Å². The molecule has 2 unspecified atom stereocenters. The minimum absolute atomic E-state index is 0.0198. The number of amides is 1. The van der Waals surface area contributed by atoms with Crippen molar-refractivity contribution in [3.05, 3.63) is 63.6 Å². The largest absolute Gasteiger partial charge is 0.449 e. The molecule has 1 amide bonds. The van der Waals surface area contributed by atoms with Gasteiger partial charge >= 0.3 is 5.97 Å². The molecule has 2 aromatic rings. The minimum atomic E-state index is -3.71. The number of rotatable bonds is 7. The number of halogens is 2. The molecule has 30 heavy (non-hydrogen) atoms. The zero-order valence-electron chi connectivity index (χ0n) is 16.8. The SMILES string of the molecule is CC(OC(=O)c1cccc(S(=O)(=O)N(C)C)c1)C(=O)NC(C)c1ccc(Cl)cc1Cl. The van der Waals surface area contributed by atoms with Gasteiger partial charge in [-0.25, -0.2) is 17.5 Å². The second-order valence-corrected chi connectivity index (χ2v) is 9.75. The Morgan fingerprint density at radius 3 is 2.33 bits per heavy atom. The van der Waals surface area contributed by atoms with Gasteiger partial charge in [0.15, 0.2) is 6.10 Å². The molecule has 162 valence electrons. The summed E-state index contributed by atoms with van der Waals surface area (Å²) in [5.74, 6) is -1.34. The first-order chi connectivity index (χ1) is 13.9. The Morgan fingerprint density at radius 2 is 1.73 bits per heavy atom. The van der Waals surface area contributed by atoms with Gasteiger partial charge in [0.05, 0.1) is 16.5 Å². The van der Waals surface area contributed by atoms with Gasteiger partial charge in [0.2, 0.25) is 10.0 Å². The number of nitrogens with one attached hydrogen (secondary N) is 1. The summed E-state index contributed by atoms with van der Waals surface area (Å²) >= 11 is 12.0. The van der Waals surface area contributed by atoms with Crippen LogP contribution < -0.4 is 5.32 Å². The van der Waals surface area contributed by atoms with Crippen LogP contribution in [0, 0.1) is 0 Å². The number of hydrogen-bond acceptors (Lipinski definition) is 5. The van der Waals surface area contributed by atoms with Crippen LogP contribution in [0.4, 0.5) is 0 Å². The van der Waals surface area contributed by atoms with Crippen molar-refractivity contribution in [3.8, 4) is 0 Å². The minimum Gasteiger partial charge on any atom is -0.449 e. The third-order valence-corrected chi connectivity index (χ3v) is 6.66. The molecule has 2 atom stereocenters. The van der Waals surface area contributed by atoms with Crippen molar-refractivity contribution in [2.45, 2.75) is 30.9 Å². The van der Waals surface area contributed by atoms with Crippen molar-refractivity contribution in [2.24, 2.45) is 0 Å². The highest BCUT2D eigenvalue weighted by molar-refractivity contribution is 7.89. The van der Waals surface area contributed by atoms with E-state index in [0.29, 0.717) is 15.6 Å². The summed E-state index contributed by atoms with van der Waals surface area (Å²) in [6.07, 6.45) is -1.11. The quantitative estimate of drug-likeness (QED) is 0.620. The van der Waals surface area contributed by atoms with E-state index in [4.69, 9.17) is 27.9 Å². The van der Waals surface area contributed by atoms with Gasteiger partial charge in [-0.3, -0.25) is 4.79 Å². The number of hydrogen-bond donors (Lipinski definition) is 1. The van der Waals surface area contributed by atoms with E-state index in [1.807, 2.05) is 0 Å².